The lowest BCUT2D eigenvalue weighted by Gasteiger charge is -2.08. The van der Waals surface area contributed by atoms with Gasteiger partial charge in [0.1, 0.15) is 0 Å². The molecule has 0 aliphatic carbocycles. The zero-order valence-electron chi connectivity index (χ0n) is 7.87. The van der Waals surface area contributed by atoms with Crippen molar-refractivity contribution in [3.05, 3.63) is 18.2 Å². The first-order chi connectivity index (χ1) is 6.09. The van der Waals surface area contributed by atoms with Crippen LogP contribution in [0.3, 0.4) is 0 Å². The van der Waals surface area contributed by atoms with Gasteiger partial charge in [-0.15, -0.1) is 0 Å². The van der Waals surface area contributed by atoms with Crippen molar-refractivity contribution in [2.24, 2.45) is 5.92 Å². The van der Waals surface area contributed by atoms with Crippen LogP contribution in [0.1, 0.15) is 19.5 Å². The largest absolute Gasteiger partial charge is 0.329 e. The Labute approximate surface area is 76.6 Å². The van der Waals surface area contributed by atoms with Crippen LogP contribution in [0.4, 0.5) is 8.78 Å². The Bertz CT molecular complexity index is 231. The minimum Gasteiger partial charge on any atom is -0.329 e. The van der Waals surface area contributed by atoms with E-state index in [4.69, 9.17) is 0 Å². The zero-order chi connectivity index (χ0) is 9.84. The number of aromatic nitrogens is 2. The maximum absolute atomic E-state index is 12.1. The Morgan fingerprint density at radius 3 is 2.69 bits per heavy atom. The third kappa shape index (κ3) is 3.13. The number of nitrogens with zero attached hydrogens (tertiary/aromatic N) is 2. The molecule has 1 aromatic rings. The van der Waals surface area contributed by atoms with Gasteiger partial charge in [-0.25, -0.2) is 13.8 Å². The van der Waals surface area contributed by atoms with Crippen molar-refractivity contribution in [2.45, 2.75) is 33.2 Å². The lowest BCUT2D eigenvalue weighted by molar-refractivity contribution is 0.125. The van der Waals surface area contributed by atoms with Crippen molar-refractivity contribution < 1.29 is 8.78 Å². The van der Waals surface area contributed by atoms with Crippen LogP contribution in [-0.2, 0) is 13.0 Å². The highest BCUT2D eigenvalue weighted by atomic mass is 19.3. The van der Waals surface area contributed by atoms with Crippen molar-refractivity contribution in [2.75, 3.05) is 0 Å². The van der Waals surface area contributed by atoms with Gasteiger partial charge in [-0.3, -0.25) is 0 Å². The molecule has 0 saturated carbocycles. The van der Waals surface area contributed by atoms with E-state index < -0.39 is 6.43 Å². The van der Waals surface area contributed by atoms with Crippen LogP contribution in [0.25, 0.3) is 0 Å². The molecular formula is C9H14F2N2. The van der Waals surface area contributed by atoms with Crippen LogP contribution in [0.15, 0.2) is 12.5 Å². The number of halogens is 2. The molecule has 0 spiro atoms. The summed E-state index contributed by atoms with van der Waals surface area (Å²) in [5, 5.41) is 0. The minimum absolute atomic E-state index is 0.248. The number of alkyl halides is 2. The molecule has 0 unspecified atom stereocenters. The molecule has 0 aliphatic heterocycles. The molecule has 0 radical (unpaired) electrons. The molecule has 0 amide bonds. The SMILES string of the molecule is CC(C)Cc1cncn1CC(F)F. The molecule has 74 valence electrons. The molecule has 2 nitrogen and oxygen atoms in total. The third-order valence-electron chi connectivity index (χ3n) is 1.75. The van der Waals surface area contributed by atoms with Crippen molar-refractivity contribution in [1.29, 1.82) is 0 Å². The van der Waals surface area contributed by atoms with Crippen LogP contribution in [0.5, 0.6) is 0 Å². The number of hydrogen-bond acceptors (Lipinski definition) is 1. The summed E-state index contributed by atoms with van der Waals surface area (Å²) >= 11 is 0. The van der Waals surface area contributed by atoms with Gasteiger partial charge in [-0.1, -0.05) is 13.8 Å². The van der Waals surface area contributed by atoms with E-state index >= 15 is 0 Å². The summed E-state index contributed by atoms with van der Waals surface area (Å²) in [7, 11) is 0. The maximum atomic E-state index is 12.1. The summed E-state index contributed by atoms with van der Waals surface area (Å²) in [4.78, 5) is 3.86. The Kier molecular flexibility index (Phi) is 3.39. The average Bonchev–Trinajstić information content (AvgIpc) is 2.34. The fourth-order valence-corrected chi connectivity index (χ4v) is 1.25. The lowest BCUT2D eigenvalue weighted by Crippen LogP contribution is -2.10. The summed E-state index contributed by atoms with van der Waals surface area (Å²) < 4.78 is 25.7. The Hall–Kier alpha value is -0.930. The second-order valence-corrected chi connectivity index (χ2v) is 3.53. The van der Waals surface area contributed by atoms with Gasteiger partial charge < -0.3 is 4.57 Å². The Balaban J connectivity index is 2.65. The molecule has 4 heteroatoms. The highest BCUT2D eigenvalue weighted by molar-refractivity contribution is 4.99. The smallest absolute Gasteiger partial charge is 0.256 e. The Morgan fingerprint density at radius 1 is 1.46 bits per heavy atom. The highest BCUT2D eigenvalue weighted by Crippen LogP contribution is 2.09. The number of imidazole rings is 1. The molecule has 1 heterocycles. The molecule has 13 heavy (non-hydrogen) atoms. The van der Waals surface area contributed by atoms with E-state index in [9.17, 15) is 8.78 Å². The average molecular weight is 188 g/mol. The number of rotatable bonds is 4. The fraction of sp³-hybridized carbons (Fsp3) is 0.667. The topological polar surface area (TPSA) is 17.8 Å². The summed E-state index contributed by atoms with van der Waals surface area (Å²) in [5.74, 6) is 0.466. The summed E-state index contributed by atoms with van der Waals surface area (Å²) in [5.41, 5.74) is 0.885. The van der Waals surface area contributed by atoms with E-state index in [0.717, 1.165) is 12.1 Å². The predicted molar refractivity (Wildman–Crippen MR) is 46.8 cm³/mol. The van der Waals surface area contributed by atoms with Gasteiger partial charge in [0.15, 0.2) is 0 Å². The van der Waals surface area contributed by atoms with Crippen molar-refractivity contribution in [3.63, 3.8) is 0 Å². The highest BCUT2D eigenvalue weighted by Gasteiger charge is 2.08. The van der Waals surface area contributed by atoms with Gasteiger partial charge in [0.2, 0.25) is 0 Å². The molecule has 1 rings (SSSR count). The van der Waals surface area contributed by atoms with Crippen LogP contribution in [0.2, 0.25) is 0 Å². The van der Waals surface area contributed by atoms with E-state index in [1.54, 1.807) is 6.20 Å². The first-order valence-corrected chi connectivity index (χ1v) is 4.36. The van der Waals surface area contributed by atoms with Crippen LogP contribution >= 0.6 is 0 Å². The van der Waals surface area contributed by atoms with E-state index in [-0.39, 0.29) is 6.54 Å². The molecule has 0 N–H and O–H groups in total. The maximum Gasteiger partial charge on any atom is 0.256 e. The second-order valence-electron chi connectivity index (χ2n) is 3.53. The molecule has 0 aliphatic rings. The first-order valence-electron chi connectivity index (χ1n) is 4.36. The van der Waals surface area contributed by atoms with Gasteiger partial charge >= 0.3 is 0 Å². The normalized spacial score (nSPS) is 11.5. The molecule has 0 bridgehead atoms. The van der Waals surface area contributed by atoms with E-state index in [1.165, 1.54) is 10.9 Å². The van der Waals surface area contributed by atoms with Gasteiger partial charge in [0.25, 0.3) is 6.43 Å². The van der Waals surface area contributed by atoms with Crippen molar-refractivity contribution in [3.8, 4) is 0 Å². The summed E-state index contributed by atoms with van der Waals surface area (Å²) in [6.45, 7) is 3.86. The molecule has 0 atom stereocenters. The minimum atomic E-state index is -2.31. The lowest BCUT2D eigenvalue weighted by atomic mass is 10.1. The molecule has 0 fully saturated rings. The van der Waals surface area contributed by atoms with Gasteiger partial charge in [0.05, 0.1) is 12.9 Å². The molecular weight excluding hydrogens is 174 g/mol. The molecule has 0 saturated heterocycles. The third-order valence-corrected chi connectivity index (χ3v) is 1.75. The Morgan fingerprint density at radius 2 is 2.15 bits per heavy atom. The zero-order valence-corrected chi connectivity index (χ0v) is 7.87. The van der Waals surface area contributed by atoms with E-state index in [1.807, 2.05) is 0 Å². The van der Waals surface area contributed by atoms with Crippen molar-refractivity contribution >= 4 is 0 Å². The standard InChI is InChI=1S/C9H14F2N2/c1-7(2)3-8-4-12-6-13(8)5-9(10)11/h4,6-7,9H,3,5H2,1-2H3. The van der Waals surface area contributed by atoms with Gasteiger partial charge in [0, 0.05) is 11.9 Å². The van der Waals surface area contributed by atoms with Gasteiger partial charge in [-0.05, 0) is 12.3 Å². The summed E-state index contributed by atoms with van der Waals surface area (Å²) in [6, 6.07) is 0. The van der Waals surface area contributed by atoms with Crippen LogP contribution in [0, 0.1) is 5.92 Å². The predicted octanol–water partition coefficient (Wildman–Crippen LogP) is 2.35. The number of hydrogen-bond donors (Lipinski definition) is 0. The van der Waals surface area contributed by atoms with E-state index in [0.29, 0.717) is 5.92 Å². The van der Waals surface area contributed by atoms with Crippen molar-refractivity contribution in [1.82, 2.24) is 9.55 Å². The van der Waals surface area contributed by atoms with Crippen LogP contribution in [-0.4, -0.2) is 16.0 Å². The van der Waals surface area contributed by atoms with Gasteiger partial charge in [-0.2, -0.15) is 0 Å². The fourth-order valence-electron chi connectivity index (χ4n) is 1.25. The molecule has 1 aromatic heterocycles. The molecule has 0 aromatic carbocycles. The van der Waals surface area contributed by atoms with Crippen LogP contribution < -0.4 is 0 Å². The first kappa shape index (κ1) is 10.2. The quantitative estimate of drug-likeness (QED) is 0.709. The monoisotopic (exact) mass is 188 g/mol. The van der Waals surface area contributed by atoms with E-state index in [2.05, 4.69) is 18.8 Å². The summed E-state index contributed by atoms with van der Waals surface area (Å²) in [6.07, 6.45) is 1.61. The second kappa shape index (κ2) is 4.35.